The first-order chi connectivity index (χ1) is 8.84. The van der Waals surface area contributed by atoms with Gasteiger partial charge in [-0.15, -0.1) is 0 Å². The van der Waals surface area contributed by atoms with Crippen LogP contribution in [0.5, 0.6) is 0 Å². The summed E-state index contributed by atoms with van der Waals surface area (Å²) in [4.78, 5) is 0. The Morgan fingerprint density at radius 3 is 2.53 bits per heavy atom. The number of hydrogen-bond acceptors (Lipinski definition) is 2. The Balaban J connectivity index is 2.36. The molecule has 1 aromatic carbocycles. The summed E-state index contributed by atoms with van der Waals surface area (Å²) in [6, 6.07) is 5.13. The van der Waals surface area contributed by atoms with Crippen LogP contribution in [0.1, 0.15) is 43.4 Å². The summed E-state index contributed by atoms with van der Waals surface area (Å²) in [6.07, 6.45) is -3.46. The van der Waals surface area contributed by atoms with E-state index < -0.39 is 23.4 Å². The number of benzene rings is 1. The van der Waals surface area contributed by atoms with Crippen molar-refractivity contribution in [3.8, 4) is 0 Å². The standard InChI is InChI=1S/C14H17F3O2/c1-13(8-4-5-9-19-13)12(18)10-6-2-3-7-11(10)14(15,16)17/h2-3,6-7,12,18H,4-5,8-9H2,1H3. The number of ether oxygens (including phenoxy) is 1. The maximum Gasteiger partial charge on any atom is 0.416 e. The van der Waals surface area contributed by atoms with Gasteiger partial charge in [0.15, 0.2) is 0 Å². The van der Waals surface area contributed by atoms with Gasteiger partial charge in [0.2, 0.25) is 0 Å². The monoisotopic (exact) mass is 274 g/mol. The van der Waals surface area contributed by atoms with Gasteiger partial charge in [-0.1, -0.05) is 18.2 Å². The normalized spacial score (nSPS) is 26.2. The molecule has 0 aliphatic carbocycles. The lowest BCUT2D eigenvalue weighted by Gasteiger charge is -2.38. The third-order valence-corrected chi connectivity index (χ3v) is 3.64. The van der Waals surface area contributed by atoms with Crippen molar-refractivity contribution >= 4 is 0 Å². The van der Waals surface area contributed by atoms with Gasteiger partial charge in [-0.25, -0.2) is 0 Å². The highest BCUT2D eigenvalue weighted by Crippen LogP contribution is 2.41. The first kappa shape index (κ1) is 14.3. The smallest absolute Gasteiger partial charge is 0.385 e. The Bertz CT molecular complexity index is 437. The van der Waals surface area contributed by atoms with Gasteiger partial charge in [0.05, 0.1) is 11.2 Å². The Labute approximate surface area is 110 Å². The lowest BCUT2D eigenvalue weighted by Crippen LogP contribution is -2.40. The van der Waals surface area contributed by atoms with Gasteiger partial charge in [0.25, 0.3) is 0 Å². The highest BCUT2D eigenvalue weighted by atomic mass is 19.4. The van der Waals surface area contributed by atoms with E-state index in [-0.39, 0.29) is 5.56 Å². The van der Waals surface area contributed by atoms with Gasteiger partial charge in [0, 0.05) is 6.61 Å². The molecular weight excluding hydrogens is 257 g/mol. The molecule has 1 fully saturated rings. The van der Waals surface area contributed by atoms with Gasteiger partial charge in [-0.2, -0.15) is 13.2 Å². The minimum Gasteiger partial charge on any atom is -0.385 e. The van der Waals surface area contributed by atoms with E-state index in [9.17, 15) is 18.3 Å². The molecule has 106 valence electrons. The van der Waals surface area contributed by atoms with Crippen LogP contribution in [0.4, 0.5) is 13.2 Å². The Morgan fingerprint density at radius 1 is 1.26 bits per heavy atom. The fraction of sp³-hybridized carbons (Fsp3) is 0.571. The first-order valence-corrected chi connectivity index (χ1v) is 6.33. The minimum absolute atomic E-state index is 0.112. The average Bonchev–Trinajstić information content (AvgIpc) is 2.38. The number of hydrogen-bond donors (Lipinski definition) is 1. The largest absolute Gasteiger partial charge is 0.416 e. The highest BCUT2D eigenvalue weighted by Gasteiger charge is 2.42. The summed E-state index contributed by atoms with van der Waals surface area (Å²) < 4.78 is 44.4. The minimum atomic E-state index is -4.47. The first-order valence-electron chi connectivity index (χ1n) is 6.33. The third-order valence-electron chi connectivity index (χ3n) is 3.64. The van der Waals surface area contributed by atoms with Crippen LogP contribution < -0.4 is 0 Å². The molecule has 0 radical (unpaired) electrons. The molecular formula is C14H17F3O2. The van der Waals surface area contributed by atoms with Crippen LogP contribution >= 0.6 is 0 Å². The van der Waals surface area contributed by atoms with Crippen molar-refractivity contribution in [1.29, 1.82) is 0 Å². The molecule has 1 aliphatic rings. The second-order valence-electron chi connectivity index (χ2n) is 5.11. The SMILES string of the molecule is CC1(C(O)c2ccccc2C(F)(F)F)CCCCO1. The van der Waals surface area contributed by atoms with Crippen LogP contribution in [0.2, 0.25) is 0 Å². The molecule has 1 N–H and O–H groups in total. The van der Waals surface area contributed by atoms with Gasteiger partial charge in [-0.05, 0) is 37.8 Å². The van der Waals surface area contributed by atoms with E-state index in [0.717, 1.165) is 18.9 Å². The summed E-state index contributed by atoms with van der Waals surface area (Å²) in [5.74, 6) is 0. The molecule has 2 nitrogen and oxygen atoms in total. The van der Waals surface area contributed by atoms with Crippen LogP contribution in [0, 0.1) is 0 Å². The number of halogens is 3. The zero-order chi connectivity index (χ0) is 14.1. The summed E-state index contributed by atoms with van der Waals surface area (Å²) >= 11 is 0. The van der Waals surface area contributed by atoms with Crippen molar-refractivity contribution in [2.75, 3.05) is 6.61 Å². The molecule has 5 heteroatoms. The van der Waals surface area contributed by atoms with Gasteiger partial charge in [0.1, 0.15) is 6.10 Å². The lowest BCUT2D eigenvalue weighted by molar-refractivity contribution is -0.152. The topological polar surface area (TPSA) is 29.5 Å². The van der Waals surface area contributed by atoms with Crippen molar-refractivity contribution < 1.29 is 23.0 Å². The Morgan fingerprint density at radius 2 is 1.95 bits per heavy atom. The van der Waals surface area contributed by atoms with Gasteiger partial charge in [-0.3, -0.25) is 0 Å². The Hall–Kier alpha value is -1.07. The van der Waals surface area contributed by atoms with Crippen LogP contribution in [0.3, 0.4) is 0 Å². The number of aliphatic hydroxyl groups excluding tert-OH is 1. The van der Waals surface area contributed by atoms with Crippen LogP contribution in [-0.2, 0) is 10.9 Å². The predicted octanol–water partition coefficient (Wildman–Crippen LogP) is 3.70. The summed E-state index contributed by atoms with van der Waals surface area (Å²) in [6.45, 7) is 2.14. The quantitative estimate of drug-likeness (QED) is 0.891. The summed E-state index contributed by atoms with van der Waals surface area (Å²) in [5.41, 5.74) is -1.85. The van der Waals surface area contributed by atoms with E-state index in [1.54, 1.807) is 6.92 Å². The van der Waals surface area contributed by atoms with E-state index >= 15 is 0 Å². The number of rotatable bonds is 2. The Kier molecular flexibility index (Phi) is 3.87. The molecule has 0 saturated carbocycles. The maximum atomic E-state index is 12.9. The second-order valence-corrected chi connectivity index (χ2v) is 5.11. The van der Waals surface area contributed by atoms with Crippen LogP contribution in [0.15, 0.2) is 24.3 Å². The van der Waals surface area contributed by atoms with E-state index in [1.165, 1.54) is 18.2 Å². The molecule has 0 aromatic heterocycles. The molecule has 19 heavy (non-hydrogen) atoms. The van der Waals surface area contributed by atoms with Gasteiger partial charge >= 0.3 is 6.18 Å². The maximum absolute atomic E-state index is 12.9. The van der Waals surface area contributed by atoms with E-state index in [1.807, 2.05) is 0 Å². The fourth-order valence-corrected chi connectivity index (χ4v) is 2.49. The molecule has 2 unspecified atom stereocenters. The highest BCUT2D eigenvalue weighted by molar-refractivity contribution is 5.33. The van der Waals surface area contributed by atoms with Crippen molar-refractivity contribution in [2.45, 2.75) is 44.1 Å². The lowest BCUT2D eigenvalue weighted by atomic mass is 9.84. The number of aliphatic hydroxyl groups is 1. The molecule has 2 atom stereocenters. The third kappa shape index (κ3) is 2.92. The van der Waals surface area contributed by atoms with Gasteiger partial charge < -0.3 is 9.84 Å². The molecule has 1 aliphatic heterocycles. The van der Waals surface area contributed by atoms with E-state index in [4.69, 9.17) is 4.74 Å². The second kappa shape index (κ2) is 5.13. The fourth-order valence-electron chi connectivity index (χ4n) is 2.49. The molecule has 1 heterocycles. The molecule has 2 rings (SSSR count). The molecule has 1 saturated heterocycles. The van der Waals surface area contributed by atoms with Crippen molar-refractivity contribution in [3.05, 3.63) is 35.4 Å². The number of alkyl halides is 3. The van der Waals surface area contributed by atoms with Crippen LogP contribution in [-0.4, -0.2) is 17.3 Å². The molecule has 0 bridgehead atoms. The summed E-state index contributed by atoms with van der Waals surface area (Å²) in [5, 5.41) is 10.3. The van der Waals surface area contributed by atoms with Crippen molar-refractivity contribution in [1.82, 2.24) is 0 Å². The molecule has 0 spiro atoms. The van der Waals surface area contributed by atoms with Crippen molar-refractivity contribution in [2.24, 2.45) is 0 Å². The van der Waals surface area contributed by atoms with Crippen LogP contribution in [0.25, 0.3) is 0 Å². The predicted molar refractivity (Wildman–Crippen MR) is 64.6 cm³/mol. The van der Waals surface area contributed by atoms with E-state index in [2.05, 4.69) is 0 Å². The molecule has 0 amide bonds. The molecule has 1 aromatic rings. The zero-order valence-corrected chi connectivity index (χ0v) is 10.7. The summed E-state index contributed by atoms with van der Waals surface area (Å²) in [7, 11) is 0. The zero-order valence-electron chi connectivity index (χ0n) is 10.7. The average molecular weight is 274 g/mol. The van der Waals surface area contributed by atoms with Crippen molar-refractivity contribution in [3.63, 3.8) is 0 Å². The van der Waals surface area contributed by atoms with E-state index in [0.29, 0.717) is 13.0 Å².